The van der Waals surface area contributed by atoms with Gasteiger partial charge in [0, 0.05) is 0 Å². The van der Waals surface area contributed by atoms with E-state index in [0.717, 1.165) is 0 Å². The van der Waals surface area contributed by atoms with Gasteiger partial charge >= 0.3 is 6.09 Å². The Morgan fingerprint density at radius 1 is 1.69 bits per heavy atom. The van der Waals surface area contributed by atoms with E-state index in [9.17, 15) is 4.79 Å². The molecule has 1 N–H and O–H groups in total. The number of amides is 1. The van der Waals surface area contributed by atoms with E-state index in [1.165, 1.54) is 13.4 Å². The molecule has 0 spiro atoms. The Bertz CT molecular complexity index is 303. The molecule has 0 aliphatic rings. The fourth-order valence-electron chi connectivity index (χ4n) is 0.715. The van der Waals surface area contributed by atoms with E-state index in [-0.39, 0.29) is 0 Å². The lowest BCUT2D eigenvalue weighted by Gasteiger charge is -1.97. The second-order valence-electron chi connectivity index (χ2n) is 2.28. The number of methoxy groups -OCH3 is 1. The van der Waals surface area contributed by atoms with Gasteiger partial charge < -0.3 is 9.15 Å². The first kappa shape index (κ1) is 9.31. The first-order chi connectivity index (χ1) is 6.24. The van der Waals surface area contributed by atoms with Crippen molar-refractivity contribution in [3.8, 4) is 0 Å². The molecule has 0 aromatic carbocycles. The van der Waals surface area contributed by atoms with Gasteiger partial charge in [-0.2, -0.15) is 5.10 Å². The summed E-state index contributed by atoms with van der Waals surface area (Å²) in [5.41, 5.74) is 2.77. The fourth-order valence-corrected chi connectivity index (χ4v) is 0.715. The average molecular weight is 182 g/mol. The Balaban J connectivity index is 2.57. The summed E-state index contributed by atoms with van der Waals surface area (Å²) in [7, 11) is 1.27. The molecular weight excluding hydrogens is 172 g/mol. The molecule has 1 rings (SSSR count). The van der Waals surface area contributed by atoms with E-state index in [1.807, 2.05) is 0 Å². The smallest absolute Gasteiger partial charge is 0.427 e. The van der Waals surface area contributed by atoms with Crippen LogP contribution in [-0.4, -0.2) is 18.9 Å². The molecule has 0 radical (unpaired) electrons. The van der Waals surface area contributed by atoms with Crippen LogP contribution in [-0.2, 0) is 4.74 Å². The van der Waals surface area contributed by atoms with Crippen LogP contribution in [0.15, 0.2) is 27.9 Å². The highest BCUT2D eigenvalue weighted by Crippen LogP contribution is 2.00. The molecule has 1 amide bonds. The summed E-state index contributed by atoms with van der Waals surface area (Å²) in [6.07, 6.45) is 0.929. The third kappa shape index (κ3) is 2.62. The fraction of sp³-hybridized carbons (Fsp3) is 0.250. The molecule has 5 heteroatoms. The predicted molar refractivity (Wildman–Crippen MR) is 46.5 cm³/mol. The van der Waals surface area contributed by atoms with Crippen molar-refractivity contribution in [3.63, 3.8) is 0 Å². The van der Waals surface area contributed by atoms with Gasteiger partial charge in [-0.25, -0.2) is 10.2 Å². The lowest BCUT2D eigenvalue weighted by molar-refractivity contribution is 0.171. The highest BCUT2D eigenvalue weighted by molar-refractivity contribution is 5.96. The summed E-state index contributed by atoms with van der Waals surface area (Å²) in [4.78, 5) is 10.6. The first-order valence-corrected chi connectivity index (χ1v) is 3.66. The van der Waals surface area contributed by atoms with Crippen LogP contribution < -0.4 is 5.43 Å². The summed E-state index contributed by atoms with van der Waals surface area (Å²) in [5.74, 6) is 0.608. The Hall–Kier alpha value is -1.78. The molecule has 0 aliphatic heterocycles. The van der Waals surface area contributed by atoms with Crippen molar-refractivity contribution in [2.45, 2.75) is 6.92 Å². The molecule has 13 heavy (non-hydrogen) atoms. The maximum atomic E-state index is 10.6. The number of nitrogens with one attached hydrogen (secondary N) is 1. The highest BCUT2D eigenvalue weighted by atomic mass is 16.5. The van der Waals surface area contributed by atoms with Crippen molar-refractivity contribution in [2.24, 2.45) is 5.10 Å². The third-order valence-corrected chi connectivity index (χ3v) is 1.38. The minimum absolute atomic E-state index is 0.579. The number of carbonyl (C=O) groups is 1. The van der Waals surface area contributed by atoms with Gasteiger partial charge in [0.2, 0.25) is 0 Å². The minimum atomic E-state index is -0.606. The maximum absolute atomic E-state index is 10.6. The van der Waals surface area contributed by atoms with E-state index >= 15 is 0 Å². The summed E-state index contributed by atoms with van der Waals surface area (Å²) in [6.45, 7) is 1.72. The quantitative estimate of drug-likeness (QED) is 0.554. The molecule has 0 unspecified atom stereocenters. The Kier molecular flexibility index (Phi) is 3.08. The van der Waals surface area contributed by atoms with Crippen molar-refractivity contribution in [2.75, 3.05) is 7.11 Å². The summed E-state index contributed by atoms with van der Waals surface area (Å²) in [5, 5.41) is 3.74. The zero-order valence-electron chi connectivity index (χ0n) is 7.40. The van der Waals surface area contributed by atoms with E-state index < -0.39 is 6.09 Å². The molecule has 0 aliphatic carbocycles. The maximum Gasteiger partial charge on any atom is 0.427 e. The van der Waals surface area contributed by atoms with Crippen LogP contribution in [0.3, 0.4) is 0 Å². The highest BCUT2D eigenvalue weighted by Gasteiger charge is 2.00. The normalized spacial score (nSPS) is 11.1. The Labute approximate surface area is 75.4 Å². The van der Waals surface area contributed by atoms with Crippen molar-refractivity contribution >= 4 is 11.8 Å². The van der Waals surface area contributed by atoms with Gasteiger partial charge in [-0.1, -0.05) is 0 Å². The lowest BCUT2D eigenvalue weighted by atomic mass is 10.3. The largest absolute Gasteiger partial charge is 0.463 e. The Morgan fingerprint density at radius 2 is 2.46 bits per heavy atom. The number of carbonyl (C=O) groups excluding carboxylic acids is 1. The molecule has 1 aromatic heterocycles. The number of ether oxygens (including phenoxy) is 1. The Morgan fingerprint density at radius 3 is 3.00 bits per heavy atom. The minimum Gasteiger partial charge on any atom is -0.463 e. The summed E-state index contributed by atoms with van der Waals surface area (Å²) in [6, 6.07) is 3.49. The standard InChI is InChI=1S/C8H10N2O3/c1-6(7-4-3-5-13-7)9-10-8(11)12-2/h3-5H,1-2H3,(H,10,11). The van der Waals surface area contributed by atoms with Crippen molar-refractivity contribution < 1.29 is 13.9 Å². The van der Waals surface area contributed by atoms with Gasteiger partial charge in [0.05, 0.1) is 13.4 Å². The molecule has 0 saturated heterocycles. The molecule has 1 heterocycles. The molecule has 70 valence electrons. The van der Waals surface area contributed by atoms with E-state index in [2.05, 4.69) is 15.3 Å². The monoisotopic (exact) mass is 182 g/mol. The van der Waals surface area contributed by atoms with Crippen molar-refractivity contribution in [1.82, 2.24) is 5.43 Å². The van der Waals surface area contributed by atoms with Crippen LogP contribution in [0.2, 0.25) is 0 Å². The van der Waals surface area contributed by atoms with Crippen LogP contribution in [0.1, 0.15) is 12.7 Å². The number of hydrazone groups is 1. The van der Waals surface area contributed by atoms with E-state index in [4.69, 9.17) is 4.42 Å². The zero-order valence-corrected chi connectivity index (χ0v) is 7.40. The summed E-state index contributed by atoms with van der Waals surface area (Å²) >= 11 is 0. The van der Waals surface area contributed by atoms with Gasteiger partial charge in [0.15, 0.2) is 0 Å². The van der Waals surface area contributed by atoms with Crippen LogP contribution >= 0.6 is 0 Å². The van der Waals surface area contributed by atoms with Gasteiger partial charge in [-0.15, -0.1) is 0 Å². The van der Waals surface area contributed by atoms with Crippen LogP contribution in [0, 0.1) is 0 Å². The van der Waals surface area contributed by atoms with Crippen LogP contribution in [0.4, 0.5) is 4.79 Å². The van der Waals surface area contributed by atoms with E-state index in [0.29, 0.717) is 11.5 Å². The van der Waals surface area contributed by atoms with Gasteiger partial charge in [0.25, 0.3) is 0 Å². The topological polar surface area (TPSA) is 63.8 Å². The molecule has 0 saturated carbocycles. The van der Waals surface area contributed by atoms with Crippen molar-refractivity contribution in [3.05, 3.63) is 24.2 Å². The second-order valence-corrected chi connectivity index (χ2v) is 2.28. The van der Waals surface area contributed by atoms with Crippen LogP contribution in [0.5, 0.6) is 0 Å². The number of nitrogens with zero attached hydrogens (tertiary/aromatic N) is 1. The first-order valence-electron chi connectivity index (χ1n) is 3.66. The summed E-state index contributed by atoms with van der Waals surface area (Å²) < 4.78 is 9.37. The number of rotatable bonds is 2. The third-order valence-electron chi connectivity index (χ3n) is 1.38. The number of furan rings is 1. The average Bonchev–Trinajstić information content (AvgIpc) is 2.66. The molecule has 5 nitrogen and oxygen atoms in total. The second kappa shape index (κ2) is 4.30. The molecular formula is C8H10N2O3. The lowest BCUT2D eigenvalue weighted by Crippen LogP contribution is -2.18. The van der Waals surface area contributed by atoms with E-state index in [1.54, 1.807) is 19.1 Å². The predicted octanol–water partition coefficient (Wildman–Crippen LogP) is 1.36. The van der Waals surface area contributed by atoms with Crippen molar-refractivity contribution in [1.29, 1.82) is 0 Å². The molecule has 0 bridgehead atoms. The molecule has 0 fully saturated rings. The zero-order chi connectivity index (χ0) is 9.68. The molecule has 1 aromatic rings. The SMILES string of the molecule is COC(=O)NN=C(C)c1ccco1. The van der Waals surface area contributed by atoms with Gasteiger partial charge in [-0.05, 0) is 19.1 Å². The van der Waals surface area contributed by atoms with Gasteiger partial charge in [0.1, 0.15) is 11.5 Å². The number of hydrogen-bond donors (Lipinski definition) is 1. The van der Waals surface area contributed by atoms with Gasteiger partial charge in [-0.3, -0.25) is 0 Å². The molecule has 0 atom stereocenters. The number of hydrogen-bond acceptors (Lipinski definition) is 4. The van der Waals surface area contributed by atoms with Crippen LogP contribution in [0.25, 0.3) is 0 Å².